The van der Waals surface area contributed by atoms with Gasteiger partial charge in [0.05, 0.1) is 10.5 Å². The molecule has 0 aliphatic rings. The van der Waals surface area contributed by atoms with Crippen LogP contribution >= 0.6 is 11.6 Å². The van der Waals surface area contributed by atoms with Gasteiger partial charge in [-0.3, -0.25) is 10.1 Å². The Hall–Kier alpha value is -2.95. The van der Waals surface area contributed by atoms with Crippen LogP contribution in [0.2, 0.25) is 5.02 Å². The van der Waals surface area contributed by atoms with Gasteiger partial charge in [0.1, 0.15) is 17.2 Å². The molecule has 174 valence electrons. The predicted octanol–water partition coefficient (Wildman–Crippen LogP) is 4.79. The van der Waals surface area contributed by atoms with Crippen LogP contribution in [0, 0.1) is 5.82 Å². The number of halogens is 5. The molecule has 3 aromatic rings. The molecule has 0 saturated heterocycles. The van der Waals surface area contributed by atoms with E-state index in [9.17, 15) is 30.8 Å². The lowest BCUT2D eigenvalue weighted by Crippen LogP contribution is -2.40. The van der Waals surface area contributed by atoms with Crippen LogP contribution in [0.5, 0.6) is 0 Å². The molecule has 0 aromatic heterocycles. The van der Waals surface area contributed by atoms with Gasteiger partial charge in [-0.25, -0.2) is 12.8 Å². The van der Waals surface area contributed by atoms with E-state index < -0.39 is 50.3 Å². The van der Waals surface area contributed by atoms with E-state index in [2.05, 4.69) is 5.32 Å². The maximum Gasteiger partial charge on any atom is 0.416 e. The summed E-state index contributed by atoms with van der Waals surface area (Å²) >= 11 is 5.80. The molecule has 33 heavy (non-hydrogen) atoms. The molecule has 0 spiro atoms. The zero-order chi connectivity index (χ0) is 24.4. The van der Waals surface area contributed by atoms with Crippen molar-refractivity contribution in [2.24, 2.45) is 5.73 Å². The van der Waals surface area contributed by atoms with E-state index in [1.54, 1.807) is 18.2 Å². The van der Waals surface area contributed by atoms with Crippen LogP contribution < -0.4 is 11.1 Å². The minimum absolute atomic E-state index is 0.198. The fraction of sp³-hybridized carbons (Fsp3) is 0.136. The van der Waals surface area contributed by atoms with Crippen molar-refractivity contribution in [1.29, 1.82) is 0 Å². The molecule has 11 heteroatoms. The highest BCUT2D eigenvalue weighted by Crippen LogP contribution is 2.39. The van der Waals surface area contributed by atoms with Crippen molar-refractivity contribution in [1.82, 2.24) is 5.32 Å². The van der Waals surface area contributed by atoms with Crippen molar-refractivity contribution in [3.8, 4) is 0 Å². The topological polar surface area (TPSA) is 89.3 Å². The summed E-state index contributed by atoms with van der Waals surface area (Å²) in [5, 5.41) is 0.555. The van der Waals surface area contributed by atoms with E-state index in [1.807, 2.05) is 0 Å². The lowest BCUT2D eigenvalue weighted by atomic mass is 10.0. The number of amides is 1. The van der Waals surface area contributed by atoms with Gasteiger partial charge in [-0.15, -0.1) is 0 Å². The number of hydrogen-bond acceptors (Lipinski definition) is 4. The van der Waals surface area contributed by atoms with Crippen LogP contribution in [-0.4, -0.2) is 14.3 Å². The first-order valence-corrected chi connectivity index (χ1v) is 11.3. The Labute approximate surface area is 192 Å². The van der Waals surface area contributed by atoms with Gasteiger partial charge in [0.2, 0.25) is 5.91 Å². The first-order valence-electron chi connectivity index (χ1n) is 9.37. The number of carbonyl (C=O) groups excluding carboxylic acids is 1. The number of rotatable bonds is 7. The van der Waals surface area contributed by atoms with Gasteiger partial charge in [-0.05, 0) is 47.5 Å². The molecule has 5 nitrogen and oxygen atoms in total. The molecule has 3 N–H and O–H groups in total. The van der Waals surface area contributed by atoms with Crippen LogP contribution in [-0.2, 0) is 20.8 Å². The zero-order valence-electron chi connectivity index (χ0n) is 16.7. The van der Waals surface area contributed by atoms with Gasteiger partial charge in [0.15, 0.2) is 9.84 Å². The van der Waals surface area contributed by atoms with Crippen LogP contribution in [0.4, 0.5) is 17.6 Å². The Bertz CT molecular complexity index is 1250. The number of alkyl halides is 3. The summed E-state index contributed by atoms with van der Waals surface area (Å²) in [6, 6.07) is 12.5. The Morgan fingerprint density at radius 1 is 0.970 bits per heavy atom. The fourth-order valence-corrected chi connectivity index (χ4v) is 5.02. The minimum Gasteiger partial charge on any atom is -0.368 e. The summed E-state index contributed by atoms with van der Waals surface area (Å²) in [6.07, 6.45) is -5.08. The average molecular weight is 501 g/mol. The van der Waals surface area contributed by atoms with Gasteiger partial charge in [0.25, 0.3) is 0 Å². The highest BCUT2D eigenvalue weighted by molar-refractivity contribution is 7.91. The summed E-state index contributed by atoms with van der Waals surface area (Å²) < 4.78 is 81.9. The number of primary amides is 1. The smallest absolute Gasteiger partial charge is 0.368 e. The first kappa shape index (κ1) is 24.7. The third-order valence-corrected chi connectivity index (χ3v) is 6.98. The summed E-state index contributed by atoms with van der Waals surface area (Å²) in [6.45, 7) is 0. The van der Waals surface area contributed by atoms with Crippen LogP contribution in [0.3, 0.4) is 0 Å². The van der Waals surface area contributed by atoms with Crippen molar-refractivity contribution < 1.29 is 30.8 Å². The SMILES string of the molecule is NC(=O)C(N[C@@H](c1ccc(F)cc1C(F)(F)F)S(=O)(=O)c1ccc(Cl)cc1)c1ccccc1. The molecule has 1 amide bonds. The number of sulfone groups is 1. The second-order valence-electron chi connectivity index (χ2n) is 7.02. The van der Waals surface area contributed by atoms with Gasteiger partial charge in [0, 0.05) is 5.02 Å². The molecular weight excluding hydrogens is 484 g/mol. The zero-order valence-corrected chi connectivity index (χ0v) is 18.3. The van der Waals surface area contributed by atoms with Crippen molar-refractivity contribution in [2.45, 2.75) is 22.5 Å². The summed E-state index contributed by atoms with van der Waals surface area (Å²) in [4.78, 5) is 11.8. The molecule has 0 bridgehead atoms. The Morgan fingerprint density at radius 2 is 1.58 bits per heavy atom. The maximum absolute atomic E-state index is 13.8. The van der Waals surface area contributed by atoms with Crippen molar-refractivity contribution in [3.63, 3.8) is 0 Å². The standard InChI is InChI=1S/C22H17ClF4N2O3S/c23-14-6-9-16(10-7-14)33(31,32)21(17-11-8-15(24)12-18(17)22(25,26)27)29-19(20(28)30)13-4-2-1-3-5-13/h1-12,19,21,29H,(H2,28,30)/t19?,21-/m1/s1. The number of nitrogens with two attached hydrogens (primary N) is 1. The second-order valence-corrected chi connectivity index (χ2v) is 9.49. The average Bonchev–Trinajstić information content (AvgIpc) is 2.74. The largest absolute Gasteiger partial charge is 0.416 e. The highest BCUT2D eigenvalue weighted by atomic mass is 35.5. The van der Waals surface area contributed by atoms with Crippen LogP contribution in [0.25, 0.3) is 0 Å². The molecule has 0 fully saturated rings. The molecule has 0 heterocycles. The van der Waals surface area contributed by atoms with Gasteiger partial charge >= 0.3 is 6.18 Å². The molecule has 0 radical (unpaired) electrons. The van der Waals surface area contributed by atoms with Gasteiger partial charge in [-0.1, -0.05) is 48.0 Å². The van der Waals surface area contributed by atoms with E-state index in [4.69, 9.17) is 17.3 Å². The molecular formula is C22H17ClF4N2O3S. The molecule has 2 atom stereocenters. The third-order valence-electron chi connectivity index (χ3n) is 4.79. The number of carbonyl (C=O) groups is 1. The molecule has 0 aliphatic carbocycles. The van der Waals surface area contributed by atoms with E-state index in [-0.39, 0.29) is 21.5 Å². The number of benzene rings is 3. The maximum atomic E-state index is 13.8. The molecule has 3 aromatic carbocycles. The minimum atomic E-state index is -5.08. The number of nitrogens with one attached hydrogen (secondary N) is 1. The van der Waals surface area contributed by atoms with Crippen molar-refractivity contribution in [2.75, 3.05) is 0 Å². The second kappa shape index (κ2) is 9.50. The van der Waals surface area contributed by atoms with E-state index in [1.165, 1.54) is 24.3 Å². The Morgan fingerprint density at radius 3 is 2.12 bits per heavy atom. The lowest BCUT2D eigenvalue weighted by molar-refractivity contribution is -0.138. The molecule has 0 saturated carbocycles. The Kier molecular flexibility index (Phi) is 7.11. The normalized spacial score (nSPS) is 14.0. The third kappa shape index (κ3) is 5.52. The van der Waals surface area contributed by atoms with E-state index in [0.717, 1.165) is 12.1 Å². The molecule has 3 rings (SSSR count). The quantitative estimate of drug-likeness (QED) is 0.457. The van der Waals surface area contributed by atoms with Crippen molar-refractivity contribution in [3.05, 3.63) is 100 Å². The van der Waals surface area contributed by atoms with Crippen LogP contribution in [0.1, 0.15) is 28.1 Å². The fourth-order valence-electron chi connectivity index (χ4n) is 3.25. The predicted molar refractivity (Wildman–Crippen MR) is 114 cm³/mol. The lowest BCUT2D eigenvalue weighted by Gasteiger charge is -2.27. The summed E-state index contributed by atoms with van der Waals surface area (Å²) in [5.41, 5.74) is 3.39. The summed E-state index contributed by atoms with van der Waals surface area (Å²) in [5.74, 6) is -2.23. The van der Waals surface area contributed by atoms with Gasteiger partial charge < -0.3 is 5.73 Å². The summed E-state index contributed by atoms with van der Waals surface area (Å²) in [7, 11) is -4.60. The number of hydrogen-bond donors (Lipinski definition) is 2. The molecule has 1 unspecified atom stereocenters. The van der Waals surface area contributed by atoms with Crippen molar-refractivity contribution >= 4 is 27.3 Å². The van der Waals surface area contributed by atoms with E-state index in [0.29, 0.717) is 12.1 Å². The van der Waals surface area contributed by atoms with E-state index >= 15 is 0 Å². The Balaban J connectivity index is 2.24. The molecule has 0 aliphatic heterocycles. The first-order chi connectivity index (χ1) is 15.4. The van der Waals surface area contributed by atoms with Gasteiger partial charge in [-0.2, -0.15) is 13.2 Å². The highest BCUT2D eigenvalue weighted by Gasteiger charge is 2.41. The van der Waals surface area contributed by atoms with Crippen LogP contribution in [0.15, 0.2) is 77.7 Å². The monoisotopic (exact) mass is 500 g/mol.